The van der Waals surface area contributed by atoms with Crippen LogP contribution in [0, 0.1) is 11.6 Å². The van der Waals surface area contributed by atoms with Crippen molar-refractivity contribution in [3.05, 3.63) is 76.0 Å². The van der Waals surface area contributed by atoms with E-state index in [4.69, 9.17) is 4.74 Å². The number of halogens is 4. The zero-order valence-electron chi connectivity index (χ0n) is 19.4. The first-order valence-electron chi connectivity index (χ1n) is 10.6. The number of rotatable bonds is 8. The van der Waals surface area contributed by atoms with E-state index >= 15 is 0 Å². The monoisotopic (exact) mass is 493 g/mol. The molecule has 0 spiro atoms. The molecule has 3 rings (SSSR count). The lowest BCUT2D eigenvalue weighted by Crippen LogP contribution is -2.27. The zero-order chi connectivity index (χ0) is 25.9. The molecule has 3 aromatic rings. The first-order valence-corrected chi connectivity index (χ1v) is 10.6. The molecule has 0 radical (unpaired) electrons. The van der Waals surface area contributed by atoms with Crippen LogP contribution in [0.4, 0.5) is 17.6 Å². The number of nitrogens with one attached hydrogen (secondary N) is 1. The summed E-state index contributed by atoms with van der Waals surface area (Å²) >= 11 is 0. The van der Waals surface area contributed by atoms with Crippen molar-refractivity contribution in [2.75, 3.05) is 7.11 Å². The van der Waals surface area contributed by atoms with Gasteiger partial charge >= 0.3 is 5.97 Å². The van der Waals surface area contributed by atoms with E-state index in [-0.39, 0.29) is 23.6 Å². The Bertz CT molecular complexity index is 1240. The predicted molar refractivity (Wildman–Crippen MR) is 118 cm³/mol. The third-order valence-electron chi connectivity index (χ3n) is 5.31. The molecular formula is C24H23F4N3O4. The lowest BCUT2D eigenvalue weighted by molar-refractivity contribution is 0.0600. The van der Waals surface area contributed by atoms with Crippen LogP contribution in [0.1, 0.15) is 63.9 Å². The molecule has 0 saturated carbocycles. The number of carbonyl (C=O) groups is 2. The standard InChI is InChI=1S/C24H23F4N3O4/c1-5-13-10-16(11-17(25)19(13)26)35-23-18(20(21(27)28)30-31(23)3)22(32)29-12(2)14-6-8-15(9-7-14)24(33)34-4/h6-12,21H,5H2,1-4H3,(H,29,32)/t12-/m0/s1. The second-order valence-electron chi connectivity index (χ2n) is 7.63. The number of alkyl halides is 2. The van der Waals surface area contributed by atoms with Gasteiger partial charge in [-0.1, -0.05) is 19.1 Å². The van der Waals surface area contributed by atoms with Crippen molar-refractivity contribution in [2.24, 2.45) is 7.05 Å². The molecule has 0 aliphatic heterocycles. The van der Waals surface area contributed by atoms with Gasteiger partial charge in [0.05, 0.1) is 18.7 Å². The van der Waals surface area contributed by atoms with Crippen molar-refractivity contribution in [2.45, 2.75) is 32.7 Å². The van der Waals surface area contributed by atoms with Gasteiger partial charge in [-0.2, -0.15) is 5.10 Å². The number of esters is 1. The van der Waals surface area contributed by atoms with E-state index in [2.05, 4.69) is 15.2 Å². The van der Waals surface area contributed by atoms with E-state index in [1.165, 1.54) is 32.4 Å². The minimum absolute atomic E-state index is 0.0197. The van der Waals surface area contributed by atoms with Gasteiger partial charge in [-0.3, -0.25) is 4.79 Å². The van der Waals surface area contributed by atoms with Crippen LogP contribution < -0.4 is 10.1 Å². The van der Waals surface area contributed by atoms with Gasteiger partial charge in [-0.05, 0) is 42.7 Å². The number of aromatic nitrogens is 2. The van der Waals surface area contributed by atoms with Gasteiger partial charge in [0.1, 0.15) is 17.0 Å². The van der Waals surface area contributed by atoms with Crippen LogP contribution in [0.2, 0.25) is 0 Å². The fourth-order valence-corrected chi connectivity index (χ4v) is 3.44. The summed E-state index contributed by atoms with van der Waals surface area (Å²) in [7, 11) is 2.53. The summed E-state index contributed by atoms with van der Waals surface area (Å²) in [6, 6.07) is 7.50. The summed E-state index contributed by atoms with van der Waals surface area (Å²) in [6.45, 7) is 3.23. The van der Waals surface area contributed by atoms with Crippen molar-refractivity contribution in [1.29, 1.82) is 0 Å². The normalized spacial score (nSPS) is 11.9. The minimum Gasteiger partial charge on any atom is -0.465 e. The SMILES string of the molecule is CCc1cc(Oc2c(C(=O)N[C@@H](C)c3ccc(C(=O)OC)cc3)c(C(F)F)nn2C)cc(F)c1F. The molecule has 1 amide bonds. The summed E-state index contributed by atoms with van der Waals surface area (Å²) in [5.74, 6) is -4.19. The van der Waals surface area contributed by atoms with Crippen LogP contribution >= 0.6 is 0 Å². The number of nitrogens with zero attached hydrogens (tertiary/aromatic N) is 2. The Morgan fingerprint density at radius 3 is 2.37 bits per heavy atom. The molecule has 7 nitrogen and oxygen atoms in total. The number of methoxy groups -OCH3 is 1. The molecule has 1 N–H and O–H groups in total. The van der Waals surface area contributed by atoms with E-state index in [1.54, 1.807) is 26.0 Å². The maximum atomic E-state index is 14.0. The van der Waals surface area contributed by atoms with Crippen LogP contribution in [0.3, 0.4) is 0 Å². The highest BCUT2D eigenvalue weighted by atomic mass is 19.3. The van der Waals surface area contributed by atoms with Gasteiger partial charge < -0.3 is 14.8 Å². The number of benzene rings is 2. The Morgan fingerprint density at radius 2 is 1.80 bits per heavy atom. The highest BCUT2D eigenvalue weighted by molar-refractivity contribution is 5.98. The second-order valence-corrected chi connectivity index (χ2v) is 7.63. The quantitative estimate of drug-likeness (QED) is 0.342. The number of aryl methyl sites for hydroxylation is 2. The van der Waals surface area contributed by atoms with Crippen molar-refractivity contribution in [3.8, 4) is 11.6 Å². The highest BCUT2D eigenvalue weighted by Gasteiger charge is 2.31. The van der Waals surface area contributed by atoms with Gasteiger partial charge in [-0.25, -0.2) is 27.0 Å². The molecule has 0 aliphatic carbocycles. The van der Waals surface area contributed by atoms with Gasteiger partial charge in [0.25, 0.3) is 12.3 Å². The number of carbonyl (C=O) groups excluding carboxylic acids is 2. The van der Waals surface area contributed by atoms with E-state index in [1.807, 2.05) is 0 Å². The van der Waals surface area contributed by atoms with E-state index in [0.717, 1.165) is 10.7 Å². The van der Waals surface area contributed by atoms with Gasteiger partial charge in [-0.15, -0.1) is 0 Å². The third-order valence-corrected chi connectivity index (χ3v) is 5.31. The minimum atomic E-state index is -3.11. The summed E-state index contributed by atoms with van der Waals surface area (Å²) in [5.41, 5.74) is -0.457. The summed E-state index contributed by atoms with van der Waals surface area (Å²) < 4.78 is 66.4. The first-order chi connectivity index (χ1) is 16.6. The predicted octanol–water partition coefficient (Wildman–Crippen LogP) is 5.27. The lowest BCUT2D eigenvalue weighted by atomic mass is 10.1. The van der Waals surface area contributed by atoms with Crippen LogP contribution in [0.15, 0.2) is 36.4 Å². The number of hydrogen-bond acceptors (Lipinski definition) is 5. The molecule has 0 aliphatic rings. The maximum Gasteiger partial charge on any atom is 0.337 e. The Balaban J connectivity index is 1.93. The lowest BCUT2D eigenvalue weighted by Gasteiger charge is -2.16. The average Bonchev–Trinajstić information content (AvgIpc) is 3.16. The Kier molecular flexibility index (Phi) is 7.78. The Morgan fingerprint density at radius 1 is 1.14 bits per heavy atom. The summed E-state index contributed by atoms with van der Waals surface area (Å²) in [6.07, 6.45) is -2.95. The number of hydrogen-bond donors (Lipinski definition) is 1. The average molecular weight is 493 g/mol. The van der Waals surface area contributed by atoms with Gasteiger partial charge in [0.15, 0.2) is 11.6 Å². The smallest absolute Gasteiger partial charge is 0.337 e. The van der Waals surface area contributed by atoms with Crippen molar-refractivity contribution in [3.63, 3.8) is 0 Å². The van der Waals surface area contributed by atoms with Crippen LogP contribution in [-0.2, 0) is 18.2 Å². The molecule has 0 bridgehead atoms. The van der Waals surface area contributed by atoms with Crippen LogP contribution in [0.5, 0.6) is 11.6 Å². The van der Waals surface area contributed by atoms with E-state index in [9.17, 15) is 27.2 Å². The van der Waals surface area contributed by atoms with Gasteiger partial charge in [0.2, 0.25) is 5.88 Å². The molecule has 0 fully saturated rings. The molecular weight excluding hydrogens is 470 g/mol. The Hall–Kier alpha value is -3.89. The molecule has 1 atom stereocenters. The maximum absolute atomic E-state index is 14.0. The largest absolute Gasteiger partial charge is 0.465 e. The van der Waals surface area contributed by atoms with Crippen LogP contribution in [-0.4, -0.2) is 28.8 Å². The molecule has 11 heteroatoms. The Labute approximate surface area is 198 Å². The zero-order valence-corrected chi connectivity index (χ0v) is 19.4. The topological polar surface area (TPSA) is 82.4 Å². The highest BCUT2D eigenvalue weighted by Crippen LogP contribution is 2.34. The molecule has 0 unspecified atom stereocenters. The number of amides is 1. The summed E-state index contributed by atoms with van der Waals surface area (Å²) in [5, 5.41) is 6.29. The number of ether oxygens (including phenoxy) is 2. The van der Waals surface area contributed by atoms with Crippen LogP contribution in [0.25, 0.3) is 0 Å². The molecule has 2 aromatic carbocycles. The van der Waals surface area contributed by atoms with Crippen molar-refractivity contribution < 1.29 is 36.6 Å². The molecule has 1 aromatic heterocycles. The summed E-state index contributed by atoms with van der Waals surface area (Å²) in [4.78, 5) is 24.7. The second kappa shape index (κ2) is 10.6. The van der Waals surface area contributed by atoms with Crippen molar-refractivity contribution in [1.82, 2.24) is 15.1 Å². The molecule has 35 heavy (non-hydrogen) atoms. The fraction of sp³-hybridized carbons (Fsp3) is 0.292. The fourth-order valence-electron chi connectivity index (χ4n) is 3.44. The van der Waals surface area contributed by atoms with E-state index in [0.29, 0.717) is 11.1 Å². The first kappa shape index (κ1) is 25.7. The van der Waals surface area contributed by atoms with E-state index < -0.39 is 47.2 Å². The third kappa shape index (κ3) is 5.44. The van der Waals surface area contributed by atoms with Gasteiger partial charge in [0, 0.05) is 13.1 Å². The molecule has 0 saturated heterocycles. The molecule has 1 heterocycles. The molecule has 186 valence electrons. The van der Waals surface area contributed by atoms with Crippen molar-refractivity contribution >= 4 is 11.9 Å².